The lowest BCUT2D eigenvalue weighted by Gasteiger charge is -1.98. The van der Waals surface area contributed by atoms with Gasteiger partial charge in [-0.25, -0.2) is 9.67 Å². The Morgan fingerprint density at radius 2 is 2.25 bits per heavy atom. The molecule has 0 aromatic carbocycles. The van der Waals surface area contributed by atoms with Crippen LogP contribution in [-0.2, 0) is 0 Å². The van der Waals surface area contributed by atoms with Crippen molar-refractivity contribution in [3.63, 3.8) is 0 Å². The van der Waals surface area contributed by atoms with Crippen molar-refractivity contribution >= 4 is 15.9 Å². The quantitative estimate of drug-likeness (QED) is 0.916. The van der Waals surface area contributed by atoms with Gasteiger partial charge in [-0.1, -0.05) is 6.07 Å². The highest BCUT2D eigenvalue weighted by Gasteiger charge is 2.29. The minimum atomic E-state index is -0.0689. The molecule has 4 nitrogen and oxygen atoms in total. The number of H-pyrrole nitrogens is 1. The van der Waals surface area contributed by atoms with Crippen LogP contribution in [0.4, 0.5) is 0 Å². The third-order valence-corrected chi connectivity index (χ3v) is 3.49. The van der Waals surface area contributed by atoms with Crippen LogP contribution in [0.15, 0.2) is 33.7 Å². The summed E-state index contributed by atoms with van der Waals surface area (Å²) in [5.74, 6) is 1.13. The summed E-state index contributed by atoms with van der Waals surface area (Å²) in [4.78, 5) is 16.1. The van der Waals surface area contributed by atoms with Crippen molar-refractivity contribution in [1.29, 1.82) is 0 Å². The highest BCUT2D eigenvalue weighted by molar-refractivity contribution is 9.10. The molecule has 5 heteroatoms. The molecule has 1 saturated carbocycles. The predicted octanol–water partition coefficient (Wildman–Crippen LogP) is 2.20. The number of aromatic nitrogens is 3. The van der Waals surface area contributed by atoms with Gasteiger partial charge in [-0.3, -0.25) is 9.89 Å². The molecule has 0 aliphatic heterocycles. The molecule has 0 atom stereocenters. The molecule has 1 fully saturated rings. The number of hydrogen-bond donors (Lipinski definition) is 1. The van der Waals surface area contributed by atoms with Crippen LogP contribution < -0.4 is 5.56 Å². The van der Waals surface area contributed by atoms with Crippen LogP contribution in [0.1, 0.15) is 24.5 Å². The minimum absolute atomic E-state index is 0.0689. The molecule has 0 radical (unpaired) electrons. The van der Waals surface area contributed by atoms with E-state index in [4.69, 9.17) is 0 Å². The summed E-state index contributed by atoms with van der Waals surface area (Å²) in [6.45, 7) is 0. The van der Waals surface area contributed by atoms with Crippen molar-refractivity contribution in [3.05, 3.63) is 44.9 Å². The highest BCUT2D eigenvalue weighted by atomic mass is 79.9. The van der Waals surface area contributed by atoms with Crippen LogP contribution in [0.2, 0.25) is 0 Å². The maximum atomic E-state index is 12.0. The van der Waals surface area contributed by atoms with Crippen molar-refractivity contribution in [3.8, 4) is 5.82 Å². The van der Waals surface area contributed by atoms with E-state index in [2.05, 4.69) is 26.0 Å². The van der Waals surface area contributed by atoms with Gasteiger partial charge in [0.1, 0.15) is 4.47 Å². The zero-order valence-electron chi connectivity index (χ0n) is 8.48. The average Bonchev–Trinajstić information content (AvgIpc) is 3.10. The van der Waals surface area contributed by atoms with E-state index in [1.807, 2.05) is 12.1 Å². The molecule has 2 heterocycles. The van der Waals surface area contributed by atoms with Gasteiger partial charge in [0.2, 0.25) is 0 Å². The minimum Gasteiger partial charge on any atom is -0.292 e. The van der Waals surface area contributed by atoms with E-state index < -0.39 is 0 Å². The molecule has 16 heavy (non-hydrogen) atoms. The Morgan fingerprint density at radius 3 is 2.88 bits per heavy atom. The number of hydrogen-bond acceptors (Lipinski definition) is 2. The van der Waals surface area contributed by atoms with E-state index in [1.165, 1.54) is 4.68 Å². The maximum Gasteiger partial charge on any atom is 0.287 e. The van der Waals surface area contributed by atoms with Crippen LogP contribution >= 0.6 is 15.9 Å². The Morgan fingerprint density at radius 1 is 1.44 bits per heavy atom. The Balaban J connectivity index is 2.15. The summed E-state index contributed by atoms with van der Waals surface area (Å²) in [5, 5.41) is 3.12. The molecule has 3 rings (SSSR count). The van der Waals surface area contributed by atoms with Gasteiger partial charge in [-0.2, -0.15) is 0 Å². The molecule has 2 aromatic rings. The molecule has 0 spiro atoms. The van der Waals surface area contributed by atoms with E-state index in [1.54, 1.807) is 12.3 Å². The summed E-state index contributed by atoms with van der Waals surface area (Å²) in [7, 11) is 0. The van der Waals surface area contributed by atoms with E-state index in [9.17, 15) is 4.79 Å². The Bertz CT molecular complexity index is 569. The van der Waals surface area contributed by atoms with Gasteiger partial charge >= 0.3 is 0 Å². The third kappa shape index (κ3) is 1.51. The lowest BCUT2D eigenvalue weighted by Crippen LogP contribution is -2.15. The van der Waals surface area contributed by atoms with Crippen molar-refractivity contribution in [2.24, 2.45) is 0 Å². The first-order chi connectivity index (χ1) is 7.77. The van der Waals surface area contributed by atoms with E-state index in [0.717, 1.165) is 18.5 Å². The van der Waals surface area contributed by atoms with Gasteiger partial charge < -0.3 is 0 Å². The Kier molecular flexibility index (Phi) is 2.21. The second kappa shape index (κ2) is 3.59. The third-order valence-electron chi connectivity index (χ3n) is 2.72. The molecule has 0 amide bonds. The fraction of sp³-hybridized carbons (Fsp3) is 0.273. The van der Waals surface area contributed by atoms with Gasteiger partial charge in [0, 0.05) is 12.1 Å². The summed E-state index contributed by atoms with van der Waals surface area (Å²) < 4.78 is 2.12. The zero-order chi connectivity index (χ0) is 11.1. The Labute approximate surface area is 100 Å². The molecule has 1 N–H and O–H groups in total. The number of halogens is 1. The van der Waals surface area contributed by atoms with Crippen LogP contribution in [0.25, 0.3) is 5.82 Å². The van der Waals surface area contributed by atoms with Crippen LogP contribution in [0.3, 0.4) is 0 Å². The number of aromatic amines is 1. The van der Waals surface area contributed by atoms with Gasteiger partial charge in [0.25, 0.3) is 5.56 Å². The van der Waals surface area contributed by atoms with Crippen molar-refractivity contribution in [2.75, 3.05) is 0 Å². The topological polar surface area (TPSA) is 50.7 Å². The van der Waals surface area contributed by atoms with Gasteiger partial charge in [-0.05, 0) is 40.9 Å². The normalized spacial score (nSPS) is 15.3. The second-order valence-corrected chi connectivity index (χ2v) is 4.74. The largest absolute Gasteiger partial charge is 0.292 e. The van der Waals surface area contributed by atoms with Gasteiger partial charge in [0.05, 0.1) is 5.69 Å². The molecule has 0 unspecified atom stereocenters. The molecule has 82 valence electrons. The molecule has 1 aliphatic carbocycles. The lowest BCUT2D eigenvalue weighted by atomic mass is 10.3. The van der Waals surface area contributed by atoms with Gasteiger partial charge in [-0.15, -0.1) is 0 Å². The van der Waals surface area contributed by atoms with Crippen molar-refractivity contribution in [2.45, 2.75) is 18.8 Å². The first-order valence-electron chi connectivity index (χ1n) is 5.19. The zero-order valence-corrected chi connectivity index (χ0v) is 10.1. The maximum absolute atomic E-state index is 12.0. The van der Waals surface area contributed by atoms with Crippen LogP contribution in [0.5, 0.6) is 0 Å². The first kappa shape index (κ1) is 9.84. The molecule has 2 aromatic heterocycles. The number of rotatable bonds is 2. The SMILES string of the molecule is O=c1c(Br)c(C2CC2)[nH]n1-c1ccccn1. The molecule has 0 bridgehead atoms. The number of pyridine rings is 1. The van der Waals surface area contributed by atoms with Crippen LogP contribution in [0, 0.1) is 0 Å². The fourth-order valence-electron chi connectivity index (χ4n) is 1.72. The predicted molar refractivity (Wildman–Crippen MR) is 63.9 cm³/mol. The second-order valence-electron chi connectivity index (χ2n) is 3.94. The monoisotopic (exact) mass is 279 g/mol. The van der Waals surface area contributed by atoms with Crippen molar-refractivity contribution < 1.29 is 0 Å². The standard InChI is InChI=1S/C11H10BrN3O/c12-9-10(7-4-5-7)14-15(11(9)16)8-3-1-2-6-13-8/h1-3,6-7,14H,4-5H2. The fourth-order valence-corrected chi connectivity index (χ4v) is 2.31. The number of nitrogens with one attached hydrogen (secondary N) is 1. The molecular weight excluding hydrogens is 270 g/mol. The average molecular weight is 280 g/mol. The van der Waals surface area contributed by atoms with Gasteiger partial charge in [0.15, 0.2) is 5.82 Å². The van der Waals surface area contributed by atoms with E-state index >= 15 is 0 Å². The Hall–Kier alpha value is -1.36. The summed E-state index contributed by atoms with van der Waals surface area (Å²) in [6.07, 6.45) is 3.98. The first-order valence-corrected chi connectivity index (χ1v) is 5.98. The summed E-state index contributed by atoms with van der Waals surface area (Å²) >= 11 is 3.35. The summed E-state index contributed by atoms with van der Waals surface area (Å²) in [6, 6.07) is 5.50. The van der Waals surface area contributed by atoms with Crippen LogP contribution in [-0.4, -0.2) is 14.8 Å². The molecule has 1 aliphatic rings. The van der Waals surface area contributed by atoms with Crippen molar-refractivity contribution in [1.82, 2.24) is 14.8 Å². The van der Waals surface area contributed by atoms with E-state index in [-0.39, 0.29) is 5.56 Å². The van der Waals surface area contributed by atoms with E-state index in [0.29, 0.717) is 16.2 Å². The smallest absolute Gasteiger partial charge is 0.287 e. The summed E-state index contributed by atoms with van der Waals surface area (Å²) in [5.41, 5.74) is 0.927. The lowest BCUT2D eigenvalue weighted by molar-refractivity contribution is 0.792. The molecule has 0 saturated heterocycles. The number of nitrogens with zero attached hydrogens (tertiary/aromatic N) is 2. The molecular formula is C11H10BrN3O. The highest BCUT2D eigenvalue weighted by Crippen LogP contribution is 2.41.